The summed E-state index contributed by atoms with van der Waals surface area (Å²) in [7, 11) is -3.12. The molecule has 0 saturated carbocycles. The molecule has 0 unspecified atom stereocenters. The van der Waals surface area contributed by atoms with Crippen molar-refractivity contribution in [2.75, 3.05) is 6.61 Å². The summed E-state index contributed by atoms with van der Waals surface area (Å²) in [5.74, 6) is 0.395. The molecule has 30 heavy (non-hydrogen) atoms. The number of carbonyl (C=O) groups is 2. The summed E-state index contributed by atoms with van der Waals surface area (Å²) in [6.07, 6.45) is 7.47. The van der Waals surface area contributed by atoms with Crippen molar-refractivity contribution in [2.45, 2.75) is 75.7 Å². The van der Waals surface area contributed by atoms with E-state index >= 15 is 0 Å². The fourth-order valence-electron chi connectivity index (χ4n) is 5.37. The van der Waals surface area contributed by atoms with E-state index in [4.69, 9.17) is 4.74 Å². The van der Waals surface area contributed by atoms with Gasteiger partial charge in [-0.2, -0.15) is 0 Å². The molecule has 1 saturated heterocycles. The molecule has 1 aliphatic heterocycles. The fourth-order valence-corrected chi connectivity index (χ4v) is 10.1. The van der Waals surface area contributed by atoms with E-state index in [1.807, 2.05) is 4.90 Å². The average molecular weight is 444 g/mol. The van der Waals surface area contributed by atoms with Crippen LogP contribution in [0.3, 0.4) is 0 Å². The van der Waals surface area contributed by atoms with Crippen LogP contribution in [-0.2, 0) is 9.53 Å². The second kappa shape index (κ2) is 9.22. The number of rotatable bonds is 8. The van der Waals surface area contributed by atoms with Gasteiger partial charge in [0, 0.05) is 20.5 Å². The molecule has 1 amide bonds. The van der Waals surface area contributed by atoms with E-state index < -0.39 is 16.1 Å². The zero-order valence-electron chi connectivity index (χ0n) is 19.1. The Balaban J connectivity index is 1.88. The molecule has 1 aromatic rings. The van der Waals surface area contributed by atoms with E-state index in [0.717, 1.165) is 25.2 Å². The van der Waals surface area contributed by atoms with Crippen molar-refractivity contribution >= 4 is 33.7 Å². The van der Waals surface area contributed by atoms with Crippen LogP contribution in [0, 0.1) is 5.92 Å². The Morgan fingerprint density at radius 2 is 1.87 bits per heavy atom. The second-order valence-corrected chi connectivity index (χ2v) is 20.9. The lowest BCUT2D eigenvalue weighted by Crippen LogP contribution is -2.52. The van der Waals surface area contributed by atoms with Gasteiger partial charge in [0.1, 0.15) is 6.29 Å². The lowest BCUT2D eigenvalue weighted by Gasteiger charge is -2.39. The lowest BCUT2D eigenvalue weighted by molar-refractivity contribution is -0.108. The summed E-state index contributed by atoms with van der Waals surface area (Å²) >= 11 is 0. The average Bonchev–Trinajstić information content (AvgIpc) is 2.89. The van der Waals surface area contributed by atoms with Gasteiger partial charge in [0.25, 0.3) is 0 Å². The van der Waals surface area contributed by atoms with Gasteiger partial charge in [0.15, 0.2) is 0 Å². The van der Waals surface area contributed by atoms with E-state index in [0.29, 0.717) is 24.5 Å². The molecule has 1 heterocycles. The molecule has 0 aromatic heterocycles. The molecule has 0 spiro atoms. The molecule has 0 N–H and O–H groups in total. The number of allylic oxidation sites excluding steroid dienone is 1. The van der Waals surface area contributed by atoms with Gasteiger partial charge in [0.2, 0.25) is 0 Å². The topological polar surface area (TPSA) is 46.6 Å². The first kappa shape index (κ1) is 23.0. The second-order valence-electron chi connectivity index (χ2n) is 10.6. The van der Waals surface area contributed by atoms with Crippen LogP contribution in [0.5, 0.6) is 0 Å². The zero-order chi connectivity index (χ0) is 21.9. The van der Waals surface area contributed by atoms with Crippen LogP contribution >= 0.6 is 0 Å². The van der Waals surface area contributed by atoms with Crippen LogP contribution in [0.15, 0.2) is 42.5 Å². The lowest BCUT2D eigenvalue weighted by atomic mass is 9.89. The number of fused-ring (bicyclic) bond motifs is 2. The number of carbonyl (C=O) groups excluding carboxylic acids is 2. The number of nitrogens with zero attached hydrogens (tertiary/aromatic N) is 1. The molecule has 1 aliphatic carbocycles. The Labute approximate surface area is 183 Å². The van der Waals surface area contributed by atoms with E-state index in [9.17, 15) is 9.59 Å². The Morgan fingerprint density at radius 1 is 1.17 bits per heavy atom. The predicted octanol–water partition coefficient (Wildman–Crippen LogP) is 5.06. The van der Waals surface area contributed by atoms with Gasteiger partial charge in [-0.25, -0.2) is 4.79 Å². The Morgan fingerprint density at radius 3 is 2.50 bits per heavy atom. The number of benzene rings is 1. The molecule has 164 valence electrons. The maximum atomic E-state index is 13.3. The molecule has 0 radical (unpaired) electrons. The number of hydrogen-bond donors (Lipinski definition) is 0. The largest absolute Gasteiger partial charge is 0.450 e. The fraction of sp³-hybridized carbons (Fsp3) is 0.583. The Kier molecular flexibility index (Phi) is 7.07. The number of ether oxygens (including phenoxy) is 1. The van der Waals surface area contributed by atoms with Gasteiger partial charge in [-0.15, -0.1) is 0 Å². The first-order valence-electron chi connectivity index (χ1n) is 11.3. The quantitative estimate of drug-likeness (QED) is 0.321. The van der Waals surface area contributed by atoms with Crippen LogP contribution in [-0.4, -0.2) is 52.1 Å². The first-order chi connectivity index (χ1) is 14.2. The maximum Gasteiger partial charge on any atom is 0.410 e. The van der Waals surface area contributed by atoms with Crippen molar-refractivity contribution in [1.82, 2.24) is 4.90 Å². The predicted molar refractivity (Wildman–Crippen MR) is 129 cm³/mol. The molecule has 2 aliphatic rings. The summed E-state index contributed by atoms with van der Waals surface area (Å²) in [4.78, 5) is 26.4. The van der Waals surface area contributed by atoms with Crippen LogP contribution < -0.4 is 5.19 Å². The number of likely N-dealkylation sites (tertiary alicyclic amines) is 1. The van der Waals surface area contributed by atoms with Crippen molar-refractivity contribution < 1.29 is 14.3 Å². The van der Waals surface area contributed by atoms with Crippen LogP contribution in [0.25, 0.3) is 0 Å². The molecule has 2 bridgehead atoms. The van der Waals surface area contributed by atoms with E-state index in [2.05, 4.69) is 75.2 Å². The molecule has 6 heteroatoms. The van der Waals surface area contributed by atoms with Gasteiger partial charge in [-0.1, -0.05) is 80.4 Å². The molecule has 1 aromatic carbocycles. The Bertz CT molecular complexity index is 772. The summed E-state index contributed by atoms with van der Waals surface area (Å²) in [5.41, 5.74) is 0.436. The monoisotopic (exact) mass is 443 g/mol. The van der Waals surface area contributed by atoms with Crippen molar-refractivity contribution in [3.8, 4) is 0 Å². The summed E-state index contributed by atoms with van der Waals surface area (Å²) in [6.45, 7) is 12.2. The molecule has 1 fully saturated rings. The van der Waals surface area contributed by atoms with Crippen molar-refractivity contribution in [2.24, 2.45) is 5.92 Å². The highest BCUT2D eigenvalue weighted by Gasteiger charge is 2.56. The summed E-state index contributed by atoms with van der Waals surface area (Å²) < 4.78 is 5.80. The van der Waals surface area contributed by atoms with E-state index in [-0.39, 0.29) is 18.2 Å². The molecule has 4 nitrogen and oxygen atoms in total. The van der Waals surface area contributed by atoms with E-state index in [1.165, 1.54) is 5.19 Å². The maximum absolute atomic E-state index is 13.3. The molecule has 3 rings (SSSR count). The third kappa shape index (κ3) is 4.80. The van der Waals surface area contributed by atoms with Gasteiger partial charge in [-0.3, -0.25) is 4.90 Å². The highest BCUT2D eigenvalue weighted by Crippen LogP contribution is 2.51. The van der Waals surface area contributed by atoms with Crippen LogP contribution in [0.1, 0.15) is 19.3 Å². The third-order valence-corrected chi connectivity index (χ3v) is 12.9. The van der Waals surface area contributed by atoms with Gasteiger partial charge in [0.05, 0.1) is 20.7 Å². The minimum Gasteiger partial charge on any atom is -0.450 e. The van der Waals surface area contributed by atoms with Gasteiger partial charge < -0.3 is 9.53 Å². The Hall–Kier alpha value is -1.67. The van der Waals surface area contributed by atoms with E-state index in [1.54, 1.807) is 0 Å². The molecule has 4 atom stereocenters. The molecular formula is C24H37NO3Si2. The van der Waals surface area contributed by atoms with Crippen LogP contribution in [0.2, 0.25) is 44.3 Å². The zero-order valence-corrected chi connectivity index (χ0v) is 21.1. The highest BCUT2D eigenvalue weighted by atomic mass is 28.3. The van der Waals surface area contributed by atoms with Crippen LogP contribution in [0.4, 0.5) is 4.79 Å². The van der Waals surface area contributed by atoms with Gasteiger partial charge in [-0.05, 0) is 30.3 Å². The van der Waals surface area contributed by atoms with Crippen molar-refractivity contribution in [1.29, 1.82) is 0 Å². The number of aldehydes is 1. The van der Waals surface area contributed by atoms with Gasteiger partial charge >= 0.3 is 6.09 Å². The smallest absolute Gasteiger partial charge is 0.410 e. The van der Waals surface area contributed by atoms with Crippen molar-refractivity contribution in [3.05, 3.63) is 42.5 Å². The SMILES string of the molecule is C[Si](C)(C)CCOC(=O)N1[C@@H]2C=CC[C@@H]([C@@H]2[Si](C)(C)c2ccccc2)[C@H]1CCC=O. The minimum atomic E-state index is -1.85. The molecular weight excluding hydrogens is 406 g/mol. The number of amides is 1. The summed E-state index contributed by atoms with van der Waals surface area (Å²) in [5, 5.41) is 1.43. The third-order valence-electron chi connectivity index (χ3n) is 6.96. The number of hydrogen-bond acceptors (Lipinski definition) is 3. The summed E-state index contributed by atoms with van der Waals surface area (Å²) in [6, 6.07) is 11.9. The minimum absolute atomic E-state index is 0.0710. The highest BCUT2D eigenvalue weighted by molar-refractivity contribution is 6.91. The normalized spacial score (nSPS) is 26.0. The van der Waals surface area contributed by atoms with Crippen molar-refractivity contribution in [3.63, 3.8) is 0 Å². The first-order valence-corrected chi connectivity index (χ1v) is 18.1. The standard InChI is InChI=1S/C24H37NO3Si2/c1-29(2,3)18-17-28-24(27)25-21(15-10-16-26)20-13-9-14-22(25)23(20)30(4,5)19-11-7-6-8-12-19/h6-9,11-12,14,16,20-23H,10,13,15,17-18H2,1-5H3/t20-,21-,22-,23+/m1/s1.